The fraction of sp³-hybridized carbons (Fsp3) is 0.133. The molecule has 9 heteroatoms. The molecule has 2 rings (SSSR count). The number of nitrogens with zero attached hydrogens (tertiary/aromatic N) is 2. The van der Waals surface area contributed by atoms with E-state index in [2.05, 4.69) is 5.32 Å². The lowest BCUT2D eigenvalue weighted by atomic mass is 10.1. The van der Waals surface area contributed by atoms with Gasteiger partial charge in [0.1, 0.15) is 5.56 Å². The van der Waals surface area contributed by atoms with Crippen molar-refractivity contribution in [1.29, 1.82) is 0 Å². The highest BCUT2D eigenvalue weighted by molar-refractivity contribution is 7.89. The summed E-state index contributed by atoms with van der Waals surface area (Å²) in [6.45, 7) is 0. The standard InChI is InChI=1S/C15H15N3O5S/c1-17(2)24(22,23)12-9-7-11(8-10-12)16-15(19)13-5-3-4-6-14(13)18(20)21/h3-10H,1-2H3,(H,16,19). The van der Waals surface area contributed by atoms with Gasteiger partial charge in [0, 0.05) is 25.8 Å². The van der Waals surface area contributed by atoms with Crippen LogP contribution in [0.4, 0.5) is 11.4 Å². The minimum absolute atomic E-state index is 0.0764. The van der Waals surface area contributed by atoms with Crippen LogP contribution in [0.25, 0.3) is 0 Å². The molecular weight excluding hydrogens is 334 g/mol. The molecule has 0 fully saturated rings. The van der Waals surface area contributed by atoms with E-state index in [4.69, 9.17) is 0 Å². The van der Waals surface area contributed by atoms with Gasteiger partial charge in [-0.2, -0.15) is 0 Å². The van der Waals surface area contributed by atoms with Gasteiger partial charge >= 0.3 is 0 Å². The zero-order valence-corrected chi connectivity index (χ0v) is 13.8. The summed E-state index contributed by atoms with van der Waals surface area (Å²) in [7, 11) is -0.728. The van der Waals surface area contributed by atoms with Crippen LogP contribution >= 0.6 is 0 Å². The molecule has 0 radical (unpaired) electrons. The van der Waals surface area contributed by atoms with Gasteiger partial charge in [0.25, 0.3) is 11.6 Å². The van der Waals surface area contributed by atoms with Crippen molar-refractivity contribution in [1.82, 2.24) is 4.31 Å². The fourth-order valence-corrected chi connectivity index (χ4v) is 2.85. The van der Waals surface area contributed by atoms with Crippen molar-refractivity contribution in [2.75, 3.05) is 19.4 Å². The maximum absolute atomic E-state index is 12.2. The number of benzene rings is 2. The van der Waals surface area contributed by atoms with Gasteiger partial charge in [-0.1, -0.05) is 12.1 Å². The number of nitro groups is 1. The average Bonchev–Trinajstić information content (AvgIpc) is 2.55. The molecule has 8 nitrogen and oxygen atoms in total. The van der Waals surface area contributed by atoms with Gasteiger partial charge < -0.3 is 5.32 Å². The zero-order valence-electron chi connectivity index (χ0n) is 13.0. The summed E-state index contributed by atoms with van der Waals surface area (Å²) >= 11 is 0. The van der Waals surface area contributed by atoms with E-state index < -0.39 is 20.9 Å². The lowest BCUT2D eigenvalue weighted by Crippen LogP contribution is -2.22. The van der Waals surface area contributed by atoms with Crippen LogP contribution in [-0.2, 0) is 10.0 Å². The van der Waals surface area contributed by atoms with Crippen LogP contribution in [0.5, 0.6) is 0 Å². The highest BCUT2D eigenvalue weighted by Gasteiger charge is 2.20. The molecule has 0 atom stereocenters. The number of para-hydroxylation sites is 1. The monoisotopic (exact) mass is 349 g/mol. The maximum atomic E-state index is 12.2. The molecule has 0 saturated heterocycles. The van der Waals surface area contributed by atoms with Gasteiger partial charge in [0.2, 0.25) is 10.0 Å². The number of nitro benzene ring substituents is 1. The van der Waals surface area contributed by atoms with Gasteiger partial charge in [-0.15, -0.1) is 0 Å². The van der Waals surface area contributed by atoms with E-state index in [0.29, 0.717) is 5.69 Å². The summed E-state index contributed by atoms with van der Waals surface area (Å²) in [6.07, 6.45) is 0. The summed E-state index contributed by atoms with van der Waals surface area (Å²) < 4.78 is 25.0. The number of carbonyl (C=O) groups is 1. The van der Waals surface area contributed by atoms with Gasteiger partial charge in [0.15, 0.2) is 0 Å². The molecule has 0 unspecified atom stereocenters. The SMILES string of the molecule is CN(C)S(=O)(=O)c1ccc(NC(=O)c2ccccc2[N+](=O)[O-])cc1. The van der Waals surface area contributed by atoms with E-state index in [9.17, 15) is 23.3 Å². The van der Waals surface area contributed by atoms with Crippen LogP contribution in [0.1, 0.15) is 10.4 Å². The van der Waals surface area contributed by atoms with E-state index in [1.165, 1.54) is 62.6 Å². The average molecular weight is 349 g/mol. The first-order valence-electron chi connectivity index (χ1n) is 6.81. The molecule has 0 aliphatic rings. The summed E-state index contributed by atoms with van der Waals surface area (Å²) in [5, 5.41) is 13.5. The van der Waals surface area contributed by atoms with Gasteiger partial charge in [-0.3, -0.25) is 14.9 Å². The molecule has 0 spiro atoms. The Kier molecular flexibility index (Phi) is 4.96. The van der Waals surface area contributed by atoms with Gasteiger partial charge in [-0.05, 0) is 30.3 Å². The number of anilines is 1. The minimum atomic E-state index is -3.56. The number of hydrogen-bond acceptors (Lipinski definition) is 5. The van der Waals surface area contributed by atoms with Crippen LogP contribution in [0.3, 0.4) is 0 Å². The Bertz CT molecular complexity index is 876. The van der Waals surface area contributed by atoms with Crippen molar-refractivity contribution in [3.05, 3.63) is 64.2 Å². The van der Waals surface area contributed by atoms with Crippen LogP contribution in [0, 0.1) is 10.1 Å². The molecule has 2 aromatic rings. The molecule has 24 heavy (non-hydrogen) atoms. The molecule has 0 aliphatic heterocycles. The Morgan fingerprint density at radius 1 is 1.08 bits per heavy atom. The Morgan fingerprint density at radius 3 is 2.21 bits per heavy atom. The first-order valence-corrected chi connectivity index (χ1v) is 8.25. The first-order chi connectivity index (χ1) is 11.2. The quantitative estimate of drug-likeness (QED) is 0.656. The van der Waals surface area contributed by atoms with Gasteiger partial charge in [-0.25, -0.2) is 12.7 Å². The second-order valence-corrected chi connectivity index (χ2v) is 7.19. The molecule has 1 amide bonds. The molecule has 0 bridgehead atoms. The van der Waals surface area contributed by atoms with E-state index in [1.807, 2.05) is 0 Å². The molecule has 2 aromatic carbocycles. The molecule has 1 N–H and O–H groups in total. The maximum Gasteiger partial charge on any atom is 0.282 e. The third-order valence-electron chi connectivity index (χ3n) is 3.24. The lowest BCUT2D eigenvalue weighted by Gasteiger charge is -2.12. The van der Waals surface area contributed by atoms with Crippen molar-refractivity contribution in [2.45, 2.75) is 4.90 Å². The summed E-state index contributed by atoms with van der Waals surface area (Å²) in [5.74, 6) is -0.648. The third kappa shape index (κ3) is 3.58. The Morgan fingerprint density at radius 2 is 1.67 bits per heavy atom. The molecule has 0 saturated carbocycles. The Hall–Kier alpha value is -2.78. The van der Waals surface area contributed by atoms with Crippen molar-refractivity contribution in [3.63, 3.8) is 0 Å². The predicted molar refractivity (Wildman–Crippen MR) is 88.4 cm³/mol. The van der Waals surface area contributed by atoms with Crippen LogP contribution < -0.4 is 5.32 Å². The van der Waals surface area contributed by atoms with Crippen LogP contribution in [-0.4, -0.2) is 37.6 Å². The Labute approximate surface area is 138 Å². The lowest BCUT2D eigenvalue weighted by molar-refractivity contribution is -0.385. The molecule has 0 heterocycles. The minimum Gasteiger partial charge on any atom is -0.322 e. The largest absolute Gasteiger partial charge is 0.322 e. The highest BCUT2D eigenvalue weighted by Crippen LogP contribution is 2.21. The number of carbonyl (C=O) groups excluding carboxylic acids is 1. The first kappa shape index (κ1) is 17.6. The number of amides is 1. The molecule has 0 aliphatic carbocycles. The normalized spacial score (nSPS) is 11.3. The molecular formula is C15H15N3O5S. The third-order valence-corrected chi connectivity index (χ3v) is 5.07. The number of rotatable bonds is 5. The van der Waals surface area contributed by atoms with E-state index >= 15 is 0 Å². The molecule has 0 aromatic heterocycles. The van der Waals surface area contributed by atoms with Gasteiger partial charge in [0.05, 0.1) is 9.82 Å². The fourth-order valence-electron chi connectivity index (χ4n) is 1.94. The van der Waals surface area contributed by atoms with Crippen molar-refractivity contribution in [3.8, 4) is 0 Å². The van der Waals surface area contributed by atoms with E-state index in [1.54, 1.807) is 0 Å². The second-order valence-electron chi connectivity index (χ2n) is 5.04. The van der Waals surface area contributed by atoms with Crippen LogP contribution in [0.15, 0.2) is 53.4 Å². The van der Waals surface area contributed by atoms with Crippen LogP contribution in [0.2, 0.25) is 0 Å². The number of nitrogens with one attached hydrogen (secondary N) is 1. The number of hydrogen-bond donors (Lipinski definition) is 1. The van der Waals surface area contributed by atoms with Crippen molar-refractivity contribution >= 4 is 27.3 Å². The predicted octanol–water partition coefficient (Wildman–Crippen LogP) is 2.10. The number of sulfonamides is 1. The molecule has 126 valence electrons. The summed E-state index contributed by atoms with van der Waals surface area (Å²) in [4.78, 5) is 22.6. The van der Waals surface area contributed by atoms with Crippen molar-refractivity contribution < 1.29 is 18.1 Å². The summed E-state index contributed by atoms with van der Waals surface area (Å²) in [5.41, 5.74) is -0.0508. The Balaban J connectivity index is 2.24. The zero-order chi connectivity index (χ0) is 17.9. The van der Waals surface area contributed by atoms with E-state index in [-0.39, 0.29) is 16.1 Å². The highest BCUT2D eigenvalue weighted by atomic mass is 32.2. The van der Waals surface area contributed by atoms with Crippen molar-refractivity contribution in [2.24, 2.45) is 0 Å². The van der Waals surface area contributed by atoms with E-state index in [0.717, 1.165) is 4.31 Å². The topological polar surface area (TPSA) is 110 Å². The summed E-state index contributed by atoms with van der Waals surface area (Å²) in [6, 6.07) is 11.1. The second kappa shape index (κ2) is 6.77. The smallest absolute Gasteiger partial charge is 0.282 e.